The van der Waals surface area contributed by atoms with Crippen LogP contribution in [0.3, 0.4) is 0 Å². The zero-order chi connectivity index (χ0) is 17.6. The highest BCUT2D eigenvalue weighted by Gasteiger charge is 2.33. The van der Waals surface area contributed by atoms with Gasteiger partial charge in [0.15, 0.2) is 0 Å². The van der Waals surface area contributed by atoms with Gasteiger partial charge in [0.25, 0.3) is 5.91 Å². The highest BCUT2D eigenvalue weighted by molar-refractivity contribution is 7.16. The van der Waals surface area contributed by atoms with Crippen molar-refractivity contribution in [3.8, 4) is 0 Å². The second kappa shape index (κ2) is 6.37. The van der Waals surface area contributed by atoms with Crippen molar-refractivity contribution < 1.29 is 4.79 Å². The second-order valence-corrected chi connectivity index (χ2v) is 8.37. The minimum absolute atomic E-state index is 0.0721. The molecule has 5 heteroatoms. The van der Waals surface area contributed by atoms with Gasteiger partial charge >= 0.3 is 0 Å². The number of carbonyl (C=O) groups excluding carboxylic acids is 1. The molecule has 0 saturated heterocycles. The van der Waals surface area contributed by atoms with Crippen LogP contribution in [0.4, 0.5) is 10.7 Å². The van der Waals surface area contributed by atoms with Gasteiger partial charge in [0.2, 0.25) is 0 Å². The standard InChI is InChI=1S/C20H25N3OS/c1-4-12-5-10-15-16(11-12)25-20-17(15)19(24)21-18(22-20)13-6-8-14(9-7-13)23(2)3/h6-9,12,18,22H,4-5,10-11H2,1-3H3,(H,21,24)/t12-,18-/m0/s1. The number of anilines is 2. The number of benzene rings is 1. The predicted molar refractivity (Wildman–Crippen MR) is 105 cm³/mol. The lowest BCUT2D eigenvalue weighted by Crippen LogP contribution is -2.38. The molecule has 1 aliphatic heterocycles. The quantitative estimate of drug-likeness (QED) is 0.868. The molecule has 0 spiro atoms. The van der Waals surface area contributed by atoms with Crippen molar-refractivity contribution in [2.24, 2.45) is 5.92 Å². The van der Waals surface area contributed by atoms with Crippen molar-refractivity contribution in [2.45, 2.75) is 38.8 Å². The summed E-state index contributed by atoms with van der Waals surface area (Å²) in [5, 5.41) is 7.75. The fourth-order valence-corrected chi connectivity index (χ4v) is 5.23. The van der Waals surface area contributed by atoms with E-state index in [1.165, 1.54) is 23.3 Å². The van der Waals surface area contributed by atoms with Crippen LogP contribution in [0.5, 0.6) is 0 Å². The van der Waals surface area contributed by atoms with Gasteiger partial charge in [-0.25, -0.2) is 0 Å². The Morgan fingerprint density at radius 2 is 1.96 bits per heavy atom. The minimum Gasteiger partial charge on any atom is -0.378 e. The van der Waals surface area contributed by atoms with E-state index in [-0.39, 0.29) is 12.1 Å². The van der Waals surface area contributed by atoms with Gasteiger partial charge in [-0.15, -0.1) is 11.3 Å². The third-order valence-electron chi connectivity index (χ3n) is 5.47. The summed E-state index contributed by atoms with van der Waals surface area (Å²) in [5.74, 6) is 0.841. The van der Waals surface area contributed by atoms with Crippen LogP contribution >= 0.6 is 11.3 Å². The molecule has 2 atom stereocenters. The molecule has 0 bridgehead atoms. The topological polar surface area (TPSA) is 44.4 Å². The van der Waals surface area contributed by atoms with Crippen molar-refractivity contribution in [3.05, 3.63) is 45.8 Å². The van der Waals surface area contributed by atoms with Crippen molar-refractivity contribution in [2.75, 3.05) is 24.3 Å². The number of nitrogens with zero attached hydrogens (tertiary/aromatic N) is 1. The lowest BCUT2D eigenvalue weighted by atomic mass is 9.85. The van der Waals surface area contributed by atoms with Crippen molar-refractivity contribution in [3.63, 3.8) is 0 Å². The van der Waals surface area contributed by atoms with Crippen LogP contribution in [0, 0.1) is 5.92 Å². The van der Waals surface area contributed by atoms with Gasteiger partial charge in [0, 0.05) is 24.7 Å². The molecule has 132 valence electrons. The Morgan fingerprint density at radius 1 is 1.20 bits per heavy atom. The van der Waals surface area contributed by atoms with Gasteiger partial charge in [0.05, 0.1) is 5.56 Å². The minimum atomic E-state index is -0.154. The highest BCUT2D eigenvalue weighted by atomic mass is 32.1. The molecule has 25 heavy (non-hydrogen) atoms. The first kappa shape index (κ1) is 16.5. The molecule has 1 aromatic carbocycles. The highest BCUT2D eigenvalue weighted by Crippen LogP contribution is 2.43. The van der Waals surface area contributed by atoms with Crippen LogP contribution in [0.15, 0.2) is 24.3 Å². The predicted octanol–water partition coefficient (Wildman–Crippen LogP) is 4.18. The maximum Gasteiger partial charge on any atom is 0.256 e. The Morgan fingerprint density at radius 3 is 2.64 bits per heavy atom. The molecule has 2 N–H and O–H groups in total. The van der Waals surface area contributed by atoms with E-state index in [1.54, 1.807) is 11.3 Å². The summed E-state index contributed by atoms with van der Waals surface area (Å²) in [4.78, 5) is 16.3. The van der Waals surface area contributed by atoms with Crippen molar-refractivity contribution in [1.82, 2.24) is 5.32 Å². The summed E-state index contributed by atoms with van der Waals surface area (Å²) >= 11 is 1.79. The fourth-order valence-electron chi connectivity index (χ4n) is 3.85. The molecule has 1 amide bonds. The van der Waals surface area contributed by atoms with E-state index >= 15 is 0 Å². The summed E-state index contributed by atoms with van der Waals surface area (Å²) in [5.41, 5.74) is 4.43. The van der Waals surface area contributed by atoms with Gasteiger partial charge in [0.1, 0.15) is 11.2 Å². The van der Waals surface area contributed by atoms with Crippen LogP contribution in [0.2, 0.25) is 0 Å². The first-order valence-electron chi connectivity index (χ1n) is 9.06. The lowest BCUT2D eigenvalue weighted by molar-refractivity contribution is 0.0935. The molecule has 2 aromatic rings. The Hall–Kier alpha value is -2.01. The third-order valence-corrected chi connectivity index (χ3v) is 6.65. The van der Waals surface area contributed by atoms with Gasteiger partial charge in [-0.05, 0) is 48.4 Å². The Bertz CT molecular complexity index is 794. The van der Waals surface area contributed by atoms with Crippen LogP contribution in [-0.4, -0.2) is 20.0 Å². The second-order valence-electron chi connectivity index (χ2n) is 7.26. The molecule has 4 nitrogen and oxygen atoms in total. The molecular weight excluding hydrogens is 330 g/mol. The first-order valence-corrected chi connectivity index (χ1v) is 9.87. The number of hydrogen-bond acceptors (Lipinski definition) is 4. The number of hydrogen-bond donors (Lipinski definition) is 2. The normalized spacial score (nSPS) is 21.8. The van der Waals surface area contributed by atoms with Gasteiger partial charge in [-0.3, -0.25) is 4.79 Å². The van der Waals surface area contributed by atoms with Crippen LogP contribution in [0.1, 0.15) is 52.3 Å². The maximum absolute atomic E-state index is 12.8. The SMILES string of the molecule is CC[C@H]1CCc2c(sc3c2C(=O)N[C@H](c2ccc(N(C)C)cc2)N3)C1. The Labute approximate surface area is 153 Å². The van der Waals surface area contributed by atoms with E-state index in [0.29, 0.717) is 0 Å². The largest absolute Gasteiger partial charge is 0.378 e. The Balaban J connectivity index is 1.61. The smallest absolute Gasteiger partial charge is 0.256 e. The molecule has 2 heterocycles. The summed E-state index contributed by atoms with van der Waals surface area (Å²) < 4.78 is 0. The monoisotopic (exact) mass is 355 g/mol. The molecule has 1 aliphatic carbocycles. The van der Waals surface area contributed by atoms with Crippen molar-refractivity contribution >= 4 is 27.9 Å². The summed E-state index contributed by atoms with van der Waals surface area (Å²) in [6.45, 7) is 2.27. The number of carbonyl (C=O) groups is 1. The summed E-state index contributed by atoms with van der Waals surface area (Å²) in [6, 6.07) is 8.34. The van der Waals surface area contributed by atoms with E-state index in [0.717, 1.165) is 40.6 Å². The van der Waals surface area contributed by atoms with Crippen LogP contribution < -0.4 is 15.5 Å². The molecule has 0 fully saturated rings. The zero-order valence-corrected chi connectivity index (χ0v) is 15.9. The number of nitrogens with one attached hydrogen (secondary N) is 2. The van der Waals surface area contributed by atoms with E-state index in [1.807, 2.05) is 14.1 Å². The lowest BCUT2D eigenvalue weighted by Gasteiger charge is -2.27. The molecule has 0 unspecified atom stereocenters. The molecule has 1 aromatic heterocycles. The molecule has 0 saturated carbocycles. The fraction of sp³-hybridized carbons (Fsp3) is 0.450. The first-order chi connectivity index (χ1) is 12.1. The third kappa shape index (κ3) is 2.91. The molecule has 2 aliphatic rings. The maximum atomic E-state index is 12.8. The number of thiophene rings is 1. The van der Waals surface area contributed by atoms with E-state index in [9.17, 15) is 4.79 Å². The van der Waals surface area contributed by atoms with Crippen molar-refractivity contribution in [1.29, 1.82) is 0 Å². The number of fused-ring (bicyclic) bond motifs is 3. The van der Waals surface area contributed by atoms with E-state index in [2.05, 4.69) is 46.7 Å². The number of amides is 1. The van der Waals surface area contributed by atoms with Crippen LogP contribution in [0.25, 0.3) is 0 Å². The van der Waals surface area contributed by atoms with E-state index < -0.39 is 0 Å². The molecule has 4 rings (SSSR count). The molecular formula is C20H25N3OS. The summed E-state index contributed by atoms with van der Waals surface area (Å²) in [6.07, 6.45) is 4.44. The zero-order valence-electron chi connectivity index (χ0n) is 15.1. The van der Waals surface area contributed by atoms with Gasteiger partial charge in [-0.1, -0.05) is 25.5 Å². The average molecular weight is 356 g/mol. The van der Waals surface area contributed by atoms with Gasteiger partial charge < -0.3 is 15.5 Å². The summed E-state index contributed by atoms with van der Waals surface area (Å²) in [7, 11) is 4.06. The Kier molecular flexibility index (Phi) is 4.20. The molecule has 0 radical (unpaired) electrons. The van der Waals surface area contributed by atoms with Gasteiger partial charge in [-0.2, -0.15) is 0 Å². The average Bonchev–Trinajstić information content (AvgIpc) is 2.99. The van der Waals surface area contributed by atoms with Crippen LogP contribution in [-0.2, 0) is 12.8 Å². The number of rotatable bonds is 3. The van der Waals surface area contributed by atoms with E-state index in [4.69, 9.17) is 0 Å².